The summed E-state index contributed by atoms with van der Waals surface area (Å²) >= 11 is 0. The van der Waals surface area contributed by atoms with E-state index in [4.69, 9.17) is 56.8 Å². The average Bonchev–Trinajstić information content (AvgIpc) is 3.43. The normalized spacial score (nSPS) is 13.7. The van der Waals surface area contributed by atoms with Crippen LogP contribution < -0.4 is 28.4 Å². The van der Waals surface area contributed by atoms with Gasteiger partial charge in [-0.1, -0.05) is 13.2 Å². The van der Waals surface area contributed by atoms with Gasteiger partial charge in [-0.2, -0.15) is 0 Å². The molecular weight excluding hydrogens is 993 g/mol. The lowest BCUT2D eigenvalue weighted by atomic mass is 9.82. The van der Waals surface area contributed by atoms with Crippen LogP contribution in [0.25, 0.3) is 0 Å². The van der Waals surface area contributed by atoms with Crippen LogP contribution in [0.15, 0.2) is 110 Å². The van der Waals surface area contributed by atoms with Crippen LogP contribution in [-0.2, 0) is 47.6 Å². The molecule has 0 atom stereocenters. The van der Waals surface area contributed by atoms with Gasteiger partial charge in [-0.3, -0.25) is 9.59 Å². The fourth-order valence-corrected chi connectivity index (χ4v) is 7.14. The third-order valence-electron chi connectivity index (χ3n) is 11.2. The summed E-state index contributed by atoms with van der Waals surface area (Å²) in [5, 5.41) is 0. The molecule has 1 fully saturated rings. The number of carbonyl (C=O) groups is 8. The standard InChI is InChI=1S/C56H60O20/c1-5-49(57)69-29-9-7-27-67-41-19-15-39(16-20-41)53(61)75-47-25-23-43(35-45(47)55(63)71-33-31-65-3)73-51(59)37-11-13-38(14-12-37)52(60)74-44-24-26-48(46(36-44)56(64)72-34-32-66-4)76-54(62)40-17-21-42(22-18-40)68-28-8-10-30-70-50(58)6-2/h5-6,15-26,35-38H,1-2,7-14,27-34H2,3-4H3. The van der Waals surface area contributed by atoms with Crippen molar-refractivity contribution in [3.8, 4) is 34.5 Å². The highest BCUT2D eigenvalue weighted by Gasteiger charge is 2.33. The van der Waals surface area contributed by atoms with Crippen LogP contribution in [0.2, 0.25) is 0 Å². The molecule has 5 rings (SSSR count). The Morgan fingerprint density at radius 2 is 0.776 bits per heavy atom. The fraction of sp³-hybridized carbons (Fsp3) is 0.357. The van der Waals surface area contributed by atoms with E-state index >= 15 is 0 Å². The maximum absolute atomic E-state index is 13.5. The van der Waals surface area contributed by atoms with Crippen molar-refractivity contribution in [3.05, 3.63) is 132 Å². The maximum atomic E-state index is 13.5. The molecule has 76 heavy (non-hydrogen) atoms. The molecule has 0 unspecified atom stereocenters. The number of methoxy groups -OCH3 is 2. The molecule has 0 N–H and O–H groups in total. The van der Waals surface area contributed by atoms with E-state index in [1.165, 1.54) is 74.9 Å². The number of esters is 8. The van der Waals surface area contributed by atoms with Crippen molar-refractivity contribution in [3.63, 3.8) is 0 Å². The molecule has 404 valence electrons. The van der Waals surface area contributed by atoms with Gasteiger partial charge in [0.05, 0.1) is 62.6 Å². The number of rotatable bonds is 30. The van der Waals surface area contributed by atoms with Crippen molar-refractivity contribution in [1.82, 2.24) is 0 Å². The zero-order chi connectivity index (χ0) is 54.7. The second kappa shape index (κ2) is 31.4. The van der Waals surface area contributed by atoms with Crippen LogP contribution in [0.3, 0.4) is 0 Å². The van der Waals surface area contributed by atoms with E-state index in [-0.39, 0.29) is 111 Å². The number of unbranched alkanes of at least 4 members (excludes halogenated alkanes) is 2. The van der Waals surface area contributed by atoms with E-state index in [9.17, 15) is 38.4 Å². The third-order valence-corrected chi connectivity index (χ3v) is 11.2. The van der Waals surface area contributed by atoms with Crippen LogP contribution >= 0.6 is 0 Å². The predicted molar refractivity (Wildman–Crippen MR) is 268 cm³/mol. The Hall–Kier alpha value is -8.36. The van der Waals surface area contributed by atoms with Gasteiger partial charge < -0.3 is 56.8 Å². The maximum Gasteiger partial charge on any atom is 0.343 e. The summed E-state index contributed by atoms with van der Waals surface area (Å²) in [6.45, 7) is 7.81. The molecule has 20 heteroatoms. The molecule has 0 radical (unpaired) electrons. The van der Waals surface area contributed by atoms with Crippen molar-refractivity contribution in [1.29, 1.82) is 0 Å². The Morgan fingerprint density at radius 1 is 0.421 bits per heavy atom. The highest BCUT2D eigenvalue weighted by Crippen LogP contribution is 2.34. The van der Waals surface area contributed by atoms with E-state index in [0.717, 1.165) is 12.2 Å². The molecule has 1 aliphatic carbocycles. The smallest absolute Gasteiger partial charge is 0.343 e. The molecule has 0 saturated heterocycles. The SMILES string of the molecule is C=CC(=O)OCCCCOc1ccc(C(=O)Oc2ccc(OC(=O)C3CCC(C(=O)Oc4ccc(OC(=O)c5ccc(OCCCCOC(=O)C=C)cc5)c(C(=O)OCCOC)c4)CC3)cc2C(=O)OCCOC)cc1. The van der Waals surface area contributed by atoms with Gasteiger partial charge in [0.1, 0.15) is 58.8 Å². The lowest BCUT2D eigenvalue weighted by molar-refractivity contribution is -0.145. The Balaban J connectivity index is 1.15. The van der Waals surface area contributed by atoms with E-state index in [1.54, 1.807) is 24.3 Å². The van der Waals surface area contributed by atoms with Crippen molar-refractivity contribution >= 4 is 47.8 Å². The molecule has 1 saturated carbocycles. The molecular formula is C56H60O20. The van der Waals surface area contributed by atoms with Gasteiger partial charge in [0.25, 0.3) is 0 Å². The van der Waals surface area contributed by atoms with E-state index in [2.05, 4.69) is 13.2 Å². The number of ether oxygens (including phenoxy) is 12. The third kappa shape index (κ3) is 19.2. The number of benzene rings is 4. The molecule has 0 bridgehead atoms. The minimum Gasteiger partial charge on any atom is -0.494 e. The fourth-order valence-electron chi connectivity index (χ4n) is 7.14. The molecule has 20 nitrogen and oxygen atoms in total. The van der Waals surface area contributed by atoms with Gasteiger partial charge in [0, 0.05) is 26.4 Å². The lowest BCUT2D eigenvalue weighted by Gasteiger charge is -2.26. The zero-order valence-electron chi connectivity index (χ0n) is 42.3. The van der Waals surface area contributed by atoms with Crippen molar-refractivity contribution in [2.24, 2.45) is 11.8 Å². The monoisotopic (exact) mass is 1050 g/mol. The van der Waals surface area contributed by atoms with Gasteiger partial charge in [-0.15, -0.1) is 0 Å². The first-order valence-electron chi connectivity index (χ1n) is 24.3. The minimum atomic E-state index is -0.866. The van der Waals surface area contributed by atoms with E-state index < -0.39 is 59.6 Å². The number of hydrogen-bond acceptors (Lipinski definition) is 20. The van der Waals surface area contributed by atoms with Crippen molar-refractivity contribution in [2.45, 2.75) is 51.4 Å². The average molecular weight is 1050 g/mol. The highest BCUT2D eigenvalue weighted by atomic mass is 16.6. The summed E-state index contributed by atoms with van der Waals surface area (Å²) in [5.41, 5.74) is -0.0742. The second-order valence-electron chi connectivity index (χ2n) is 16.6. The van der Waals surface area contributed by atoms with Crippen molar-refractivity contribution in [2.75, 3.05) is 67.1 Å². The van der Waals surface area contributed by atoms with Crippen LogP contribution in [0.4, 0.5) is 0 Å². The molecule has 0 amide bonds. The largest absolute Gasteiger partial charge is 0.494 e. The van der Waals surface area contributed by atoms with E-state index in [0.29, 0.717) is 50.4 Å². The van der Waals surface area contributed by atoms with Gasteiger partial charge in [-0.25, -0.2) is 28.8 Å². The molecule has 0 aliphatic heterocycles. The summed E-state index contributed by atoms with van der Waals surface area (Å²) in [6, 6.07) is 20.1. The quantitative estimate of drug-likeness (QED) is 0.0159. The Kier molecular flexibility index (Phi) is 24.2. The topological polar surface area (TPSA) is 247 Å². The highest BCUT2D eigenvalue weighted by molar-refractivity contribution is 5.98. The first-order valence-corrected chi connectivity index (χ1v) is 24.3. The van der Waals surface area contributed by atoms with E-state index in [1.807, 2.05) is 0 Å². The summed E-state index contributed by atoms with van der Waals surface area (Å²) in [5.74, 6) is -6.14. The van der Waals surface area contributed by atoms with Gasteiger partial charge in [0.2, 0.25) is 0 Å². The number of carbonyl (C=O) groups excluding carboxylic acids is 8. The van der Waals surface area contributed by atoms with Crippen LogP contribution in [-0.4, -0.2) is 115 Å². The molecule has 4 aromatic carbocycles. The summed E-state index contributed by atoms with van der Waals surface area (Å²) in [4.78, 5) is 102. The second-order valence-corrected chi connectivity index (χ2v) is 16.6. The van der Waals surface area contributed by atoms with Crippen LogP contribution in [0.1, 0.15) is 92.8 Å². The first-order chi connectivity index (χ1) is 36.8. The minimum absolute atomic E-state index is 0.0195. The molecule has 4 aromatic rings. The summed E-state index contributed by atoms with van der Waals surface area (Å²) < 4.78 is 64.4. The Labute approximate surface area is 439 Å². The Bertz CT molecular complexity index is 2450. The summed E-state index contributed by atoms with van der Waals surface area (Å²) in [7, 11) is 2.86. The molecule has 0 heterocycles. The first kappa shape index (κ1) is 58.5. The van der Waals surface area contributed by atoms with Crippen LogP contribution in [0, 0.1) is 11.8 Å². The molecule has 0 spiro atoms. The van der Waals surface area contributed by atoms with Crippen LogP contribution in [0.5, 0.6) is 34.5 Å². The van der Waals surface area contributed by atoms with Crippen molar-refractivity contribution < 1.29 is 95.2 Å². The molecule has 0 aromatic heterocycles. The molecule has 1 aliphatic rings. The lowest BCUT2D eigenvalue weighted by Crippen LogP contribution is -2.30. The number of hydrogen-bond donors (Lipinski definition) is 0. The predicted octanol–water partition coefficient (Wildman–Crippen LogP) is 7.83. The van der Waals surface area contributed by atoms with Gasteiger partial charge >= 0.3 is 47.8 Å². The Morgan fingerprint density at radius 3 is 1.13 bits per heavy atom. The summed E-state index contributed by atoms with van der Waals surface area (Å²) in [6.07, 6.45) is 5.60. The van der Waals surface area contributed by atoms with Gasteiger partial charge in [0.15, 0.2) is 0 Å². The van der Waals surface area contributed by atoms with Gasteiger partial charge in [-0.05, 0) is 136 Å². The zero-order valence-corrected chi connectivity index (χ0v) is 42.3.